The molecule has 5 nitrogen and oxygen atoms in total. The number of carbonyl (C=O) groups is 1. The second kappa shape index (κ2) is 6.07. The van der Waals surface area contributed by atoms with Gasteiger partial charge in [-0.05, 0) is 24.6 Å². The molecule has 0 saturated carbocycles. The van der Waals surface area contributed by atoms with Crippen molar-refractivity contribution in [1.29, 1.82) is 0 Å². The number of sulfonamides is 1. The van der Waals surface area contributed by atoms with Crippen LogP contribution in [0.1, 0.15) is 17.2 Å². The Kier molecular flexibility index (Phi) is 4.40. The molecule has 1 N–H and O–H groups in total. The first-order valence-electron chi connectivity index (χ1n) is 6.25. The zero-order valence-electron chi connectivity index (χ0n) is 11.3. The molecule has 0 saturated heterocycles. The largest absolute Gasteiger partial charge is 0.548 e. The molecule has 0 aliphatic heterocycles. The maximum absolute atomic E-state index is 12.2. The predicted molar refractivity (Wildman–Crippen MR) is 75.7 cm³/mol. The molecule has 0 spiro atoms. The number of rotatable bonds is 5. The van der Waals surface area contributed by atoms with E-state index in [-0.39, 0.29) is 4.90 Å². The van der Waals surface area contributed by atoms with Crippen LogP contribution in [0.15, 0.2) is 59.5 Å². The number of carbonyl (C=O) groups excluding carboxylic acids is 1. The van der Waals surface area contributed by atoms with Gasteiger partial charge in [0.25, 0.3) is 0 Å². The molecular weight excluding hydrogens is 290 g/mol. The van der Waals surface area contributed by atoms with Crippen LogP contribution in [0.4, 0.5) is 0 Å². The molecule has 0 radical (unpaired) electrons. The van der Waals surface area contributed by atoms with Gasteiger partial charge in [-0.1, -0.05) is 48.0 Å². The maximum Gasteiger partial charge on any atom is 0.241 e. The van der Waals surface area contributed by atoms with Crippen LogP contribution >= 0.6 is 0 Å². The Hall–Kier alpha value is -2.18. The summed E-state index contributed by atoms with van der Waals surface area (Å²) in [7, 11) is -3.94. The van der Waals surface area contributed by atoms with Gasteiger partial charge in [0.15, 0.2) is 0 Å². The van der Waals surface area contributed by atoms with E-state index in [4.69, 9.17) is 0 Å². The number of nitrogens with one attached hydrogen (secondary N) is 1. The van der Waals surface area contributed by atoms with E-state index in [2.05, 4.69) is 4.72 Å². The van der Waals surface area contributed by atoms with Gasteiger partial charge in [-0.25, -0.2) is 8.42 Å². The zero-order valence-corrected chi connectivity index (χ0v) is 12.1. The molecule has 6 heteroatoms. The number of aryl methyl sites for hydroxylation is 1. The van der Waals surface area contributed by atoms with E-state index in [0.29, 0.717) is 5.56 Å². The molecule has 21 heavy (non-hydrogen) atoms. The Labute approximate surface area is 123 Å². The van der Waals surface area contributed by atoms with Crippen molar-refractivity contribution in [3.63, 3.8) is 0 Å². The van der Waals surface area contributed by atoms with Crippen molar-refractivity contribution in [3.8, 4) is 0 Å². The van der Waals surface area contributed by atoms with E-state index >= 15 is 0 Å². The highest BCUT2D eigenvalue weighted by Gasteiger charge is 2.22. The van der Waals surface area contributed by atoms with Crippen molar-refractivity contribution in [3.05, 3.63) is 65.7 Å². The van der Waals surface area contributed by atoms with Crippen molar-refractivity contribution in [2.24, 2.45) is 0 Å². The third-order valence-corrected chi connectivity index (χ3v) is 4.41. The Morgan fingerprint density at radius 3 is 2.14 bits per heavy atom. The second-order valence-electron chi connectivity index (χ2n) is 4.60. The lowest BCUT2D eigenvalue weighted by Gasteiger charge is -2.20. The zero-order chi connectivity index (χ0) is 15.5. The molecule has 0 bridgehead atoms. The Bertz CT molecular complexity index is 724. The molecule has 2 aromatic carbocycles. The lowest BCUT2D eigenvalue weighted by Crippen LogP contribution is -2.41. The van der Waals surface area contributed by atoms with E-state index in [9.17, 15) is 18.3 Å². The van der Waals surface area contributed by atoms with Crippen molar-refractivity contribution in [2.45, 2.75) is 17.9 Å². The van der Waals surface area contributed by atoms with E-state index < -0.39 is 22.0 Å². The first-order chi connectivity index (χ1) is 9.90. The summed E-state index contributed by atoms with van der Waals surface area (Å²) in [5, 5.41) is 11.2. The van der Waals surface area contributed by atoms with Crippen molar-refractivity contribution in [2.75, 3.05) is 0 Å². The van der Waals surface area contributed by atoms with Gasteiger partial charge < -0.3 is 9.90 Å². The molecule has 1 atom stereocenters. The quantitative estimate of drug-likeness (QED) is 0.883. The van der Waals surface area contributed by atoms with Gasteiger partial charge in [-0.3, -0.25) is 0 Å². The molecule has 0 heterocycles. The first-order valence-corrected chi connectivity index (χ1v) is 7.73. The molecule has 2 aromatic rings. The lowest BCUT2D eigenvalue weighted by atomic mass is 10.1. The van der Waals surface area contributed by atoms with Crippen LogP contribution < -0.4 is 9.83 Å². The third kappa shape index (κ3) is 3.68. The van der Waals surface area contributed by atoms with Crippen LogP contribution in [-0.2, 0) is 14.8 Å². The lowest BCUT2D eigenvalue weighted by molar-refractivity contribution is -0.308. The van der Waals surface area contributed by atoms with Gasteiger partial charge in [-0.2, -0.15) is 4.72 Å². The fourth-order valence-electron chi connectivity index (χ4n) is 1.84. The van der Waals surface area contributed by atoms with Crippen molar-refractivity contribution in [1.82, 2.24) is 4.72 Å². The number of carboxylic acids is 1. The highest BCUT2D eigenvalue weighted by atomic mass is 32.2. The minimum atomic E-state index is -3.94. The molecule has 0 fully saturated rings. The van der Waals surface area contributed by atoms with Gasteiger partial charge in [0, 0.05) is 0 Å². The Balaban J connectivity index is 2.32. The SMILES string of the molecule is Cc1ccc(S(=O)(=O)N[C@@H](C(=O)[O-])c2ccccc2)cc1. The van der Waals surface area contributed by atoms with E-state index in [1.165, 1.54) is 24.3 Å². The van der Waals surface area contributed by atoms with Gasteiger partial charge >= 0.3 is 0 Å². The molecule has 2 rings (SSSR count). The van der Waals surface area contributed by atoms with Crippen LogP contribution in [0.2, 0.25) is 0 Å². The van der Waals surface area contributed by atoms with E-state index in [1.807, 2.05) is 6.92 Å². The molecule has 0 aliphatic carbocycles. The first kappa shape index (κ1) is 15.2. The summed E-state index contributed by atoms with van der Waals surface area (Å²) >= 11 is 0. The minimum Gasteiger partial charge on any atom is -0.548 e. The summed E-state index contributed by atoms with van der Waals surface area (Å²) in [5.41, 5.74) is 1.22. The molecule has 0 aromatic heterocycles. The fraction of sp³-hybridized carbons (Fsp3) is 0.133. The number of carboxylic acid groups (broad SMARTS) is 1. The van der Waals surface area contributed by atoms with Gasteiger partial charge in [0.05, 0.1) is 16.9 Å². The van der Waals surface area contributed by atoms with Gasteiger partial charge in [0.1, 0.15) is 0 Å². The van der Waals surface area contributed by atoms with Gasteiger partial charge in [0.2, 0.25) is 10.0 Å². The normalized spacial score (nSPS) is 12.8. The highest BCUT2D eigenvalue weighted by Crippen LogP contribution is 2.17. The average Bonchev–Trinajstić information content (AvgIpc) is 2.46. The van der Waals surface area contributed by atoms with Gasteiger partial charge in [-0.15, -0.1) is 0 Å². The highest BCUT2D eigenvalue weighted by molar-refractivity contribution is 7.89. The molecule has 0 aliphatic rings. The average molecular weight is 304 g/mol. The minimum absolute atomic E-state index is 0.00952. The summed E-state index contributed by atoms with van der Waals surface area (Å²) in [6, 6.07) is 12.7. The molecule has 110 valence electrons. The van der Waals surface area contributed by atoms with Crippen molar-refractivity contribution < 1.29 is 18.3 Å². The summed E-state index contributed by atoms with van der Waals surface area (Å²) < 4.78 is 26.6. The fourth-order valence-corrected chi connectivity index (χ4v) is 3.01. The summed E-state index contributed by atoms with van der Waals surface area (Å²) in [6.45, 7) is 1.83. The molecular formula is C15H14NO4S-. The van der Waals surface area contributed by atoms with Crippen LogP contribution in [0.25, 0.3) is 0 Å². The standard InChI is InChI=1S/C15H15NO4S/c1-11-7-9-13(10-8-11)21(19,20)16-14(15(17)18)12-5-3-2-4-6-12/h2-10,14,16H,1H3,(H,17,18)/p-1/t14-/m1/s1. The Morgan fingerprint density at radius 1 is 1.05 bits per heavy atom. The monoisotopic (exact) mass is 304 g/mol. The number of hydrogen-bond acceptors (Lipinski definition) is 4. The van der Waals surface area contributed by atoms with Crippen LogP contribution in [0.5, 0.6) is 0 Å². The molecule has 0 unspecified atom stereocenters. The van der Waals surface area contributed by atoms with Crippen LogP contribution in [0.3, 0.4) is 0 Å². The van der Waals surface area contributed by atoms with Crippen molar-refractivity contribution >= 4 is 16.0 Å². The van der Waals surface area contributed by atoms with E-state index in [0.717, 1.165) is 5.56 Å². The summed E-state index contributed by atoms with van der Waals surface area (Å²) in [6.07, 6.45) is 0. The number of benzene rings is 2. The van der Waals surface area contributed by atoms with Crippen LogP contribution in [0, 0.1) is 6.92 Å². The summed E-state index contributed by atoms with van der Waals surface area (Å²) in [5.74, 6) is -1.50. The predicted octanol–water partition coefficient (Wildman–Crippen LogP) is 0.765. The smallest absolute Gasteiger partial charge is 0.241 e. The molecule has 0 amide bonds. The maximum atomic E-state index is 12.2. The number of hydrogen-bond donors (Lipinski definition) is 1. The topological polar surface area (TPSA) is 86.3 Å². The summed E-state index contributed by atoms with van der Waals surface area (Å²) in [4.78, 5) is 11.2. The number of aliphatic carboxylic acids is 1. The van der Waals surface area contributed by atoms with Crippen LogP contribution in [-0.4, -0.2) is 14.4 Å². The second-order valence-corrected chi connectivity index (χ2v) is 6.31. The Morgan fingerprint density at radius 2 is 1.62 bits per heavy atom. The third-order valence-electron chi connectivity index (χ3n) is 2.97. The van der Waals surface area contributed by atoms with E-state index in [1.54, 1.807) is 30.3 Å².